The standard InChI is InChI=1S/C35H43N3O/c1-22-5-10-24(11-6-22)25-13-16-27(17-14-25)34-30-3-2-4-31(36)33(30)35(38-34)28-18-15-26(32(37)21-28)12-7-23-8-19-29(39)20-9-23/h2-4,8-9,15,18-22,24-25,27,38-39H,5-7,10-14,16-17,36-37H2,1H3. The summed E-state index contributed by atoms with van der Waals surface area (Å²) in [7, 11) is 0. The van der Waals surface area contributed by atoms with Crippen LogP contribution in [0.3, 0.4) is 0 Å². The molecule has 0 unspecified atom stereocenters. The number of aromatic amines is 1. The third-order valence-electron chi connectivity index (χ3n) is 9.86. The quantitative estimate of drug-likeness (QED) is 0.192. The number of benzene rings is 3. The highest BCUT2D eigenvalue weighted by Crippen LogP contribution is 2.46. The van der Waals surface area contributed by atoms with E-state index in [1.807, 2.05) is 18.2 Å². The average molecular weight is 522 g/mol. The number of aryl methyl sites for hydroxylation is 2. The number of aromatic nitrogens is 1. The van der Waals surface area contributed by atoms with E-state index in [9.17, 15) is 5.11 Å². The Morgan fingerprint density at radius 1 is 0.769 bits per heavy atom. The molecule has 2 aliphatic rings. The number of H-pyrrole nitrogens is 1. The Bertz CT molecular complexity index is 1420. The molecule has 2 aliphatic carbocycles. The van der Waals surface area contributed by atoms with Crippen LogP contribution in [0.2, 0.25) is 0 Å². The van der Waals surface area contributed by atoms with Gasteiger partial charge in [0.05, 0.1) is 5.69 Å². The van der Waals surface area contributed by atoms with Gasteiger partial charge in [-0.15, -0.1) is 0 Å². The predicted octanol–water partition coefficient (Wildman–Crippen LogP) is 8.59. The molecule has 0 amide bonds. The molecule has 4 aromatic rings. The maximum atomic E-state index is 9.55. The molecule has 4 nitrogen and oxygen atoms in total. The number of nitrogens with one attached hydrogen (secondary N) is 1. The van der Waals surface area contributed by atoms with Crippen LogP contribution in [0.5, 0.6) is 5.75 Å². The van der Waals surface area contributed by atoms with Crippen molar-refractivity contribution in [3.05, 3.63) is 77.5 Å². The summed E-state index contributed by atoms with van der Waals surface area (Å²) < 4.78 is 0. The summed E-state index contributed by atoms with van der Waals surface area (Å²) >= 11 is 0. The van der Waals surface area contributed by atoms with Gasteiger partial charge in [0.2, 0.25) is 0 Å². The topological polar surface area (TPSA) is 88.1 Å². The fraction of sp³-hybridized carbons (Fsp3) is 0.429. The van der Waals surface area contributed by atoms with E-state index in [4.69, 9.17) is 11.5 Å². The number of nitrogens with two attached hydrogens (primary N) is 2. The van der Waals surface area contributed by atoms with Gasteiger partial charge in [0, 0.05) is 33.4 Å². The first-order valence-corrected chi connectivity index (χ1v) is 15.0. The number of hydrogen-bond donors (Lipinski definition) is 4. The number of nitrogen functional groups attached to an aromatic ring is 2. The molecular formula is C35H43N3O. The van der Waals surface area contributed by atoms with Gasteiger partial charge in [-0.1, -0.05) is 56.2 Å². The van der Waals surface area contributed by atoms with E-state index in [1.165, 1.54) is 68.0 Å². The first-order chi connectivity index (χ1) is 19.0. The van der Waals surface area contributed by atoms with Crippen molar-refractivity contribution in [2.45, 2.75) is 77.0 Å². The second-order valence-corrected chi connectivity index (χ2v) is 12.4. The number of phenolic OH excluding ortho intramolecular Hbond substituents is 1. The summed E-state index contributed by atoms with van der Waals surface area (Å²) in [5.41, 5.74) is 20.7. The molecule has 2 fully saturated rings. The van der Waals surface area contributed by atoms with Crippen molar-refractivity contribution in [3.8, 4) is 17.0 Å². The second-order valence-electron chi connectivity index (χ2n) is 12.4. The van der Waals surface area contributed by atoms with Crippen molar-refractivity contribution in [1.82, 2.24) is 4.98 Å². The maximum Gasteiger partial charge on any atom is 0.115 e. The van der Waals surface area contributed by atoms with Gasteiger partial charge in [-0.05, 0) is 110 Å². The molecule has 3 aromatic carbocycles. The van der Waals surface area contributed by atoms with Gasteiger partial charge in [0.25, 0.3) is 0 Å². The number of aromatic hydroxyl groups is 1. The highest BCUT2D eigenvalue weighted by Gasteiger charge is 2.32. The molecular weight excluding hydrogens is 478 g/mol. The number of rotatable bonds is 6. The Balaban J connectivity index is 1.22. The minimum absolute atomic E-state index is 0.298. The van der Waals surface area contributed by atoms with Gasteiger partial charge in [-0.25, -0.2) is 0 Å². The van der Waals surface area contributed by atoms with E-state index in [0.717, 1.165) is 64.2 Å². The van der Waals surface area contributed by atoms with Crippen LogP contribution < -0.4 is 11.5 Å². The lowest BCUT2D eigenvalue weighted by Gasteiger charge is -2.37. The number of anilines is 2. The van der Waals surface area contributed by atoms with Crippen molar-refractivity contribution in [1.29, 1.82) is 0 Å². The van der Waals surface area contributed by atoms with E-state index >= 15 is 0 Å². The summed E-state index contributed by atoms with van der Waals surface area (Å²) in [5.74, 6) is 3.64. The molecule has 0 saturated heterocycles. The Kier molecular flexibility index (Phi) is 7.29. The Labute approximate surface area is 232 Å². The molecule has 204 valence electrons. The molecule has 0 atom stereocenters. The van der Waals surface area contributed by atoms with Gasteiger partial charge in [-0.2, -0.15) is 0 Å². The minimum atomic E-state index is 0.298. The van der Waals surface area contributed by atoms with Crippen LogP contribution in [0.25, 0.3) is 22.0 Å². The monoisotopic (exact) mass is 521 g/mol. The number of fused-ring (bicyclic) bond motifs is 1. The average Bonchev–Trinajstić information content (AvgIpc) is 3.35. The number of phenols is 1. The molecule has 6 rings (SSSR count). The summed E-state index contributed by atoms with van der Waals surface area (Å²) in [6.45, 7) is 2.42. The first kappa shape index (κ1) is 25.9. The van der Waals surface area contributed by atoms with Crippen LogP contribution in [-0.2, 0) is 12.8 Å². The van der Waals surface area contributed by atoms with Crippen LogP contribution in [0.1, 0.15) is 81.0 Å². The zero-order valence-corrected chi connectivity index (χ0v) is 23.3. The van der Waals surface area contributed by atoms with Gasteiger partial charge >= 0.3 is 0 Å². The van der Waals surface area contributed by atoms with E-state index in [-0.39, 0.29) is 0 Å². The lowest BCUT2D eigenvalue weighted by molar-refractivity contribution is 0.165. The summed E-state index contributed by atoms with van der Waals surface area (Å²) in [6.07, 6.45) is 12.7. The van der Waals surface area contributed by atoms with Gasteiger partial charge in [0.15, 0.2) is 0 Å². The summed E-state index contributed by atoms with van der Waals surface area (Å²) in [5, 5.41) is 12.0. The molecule has 39 heavy (non-hydrogen) atoms. The fourth-order valence-electron chi connectivity index (χ4n) is 7.43. The smallest absolute Gasteiger partial charge is 0.115 e. The molecule has 1 heterocycles. The van der Waals surface area contributed by atoms with Gasteiger partial charge in [0.1, 0.15) is 5.75 Å². The molecule has 1 aromatic heterocycles. The van der Waals surface area contributed by atoms with Crippen LogP contribution >= 0.6 is 0 Å². The molecule has 0 aliphatic heterocycles. The van der Waals surface area contributed by atoms with Crippen molar-refractivity contribution in [3.63, 3.8) is 0 Å². The van der Waals surface area contributed by atoms with E-state index in [2.05, 4.69) is 42.2 Å². The first-order valence-electron chi connectivity index (χ1n) is 15.0. The van der Waals surface area contributed by atoms with E-state index < -0.39 is 0 Å². The molecule has 4 heteroatoms. The molecule has 0 bridgehead atoms. The van der Waals surface area contributed by atoms with Crippen LogP contribution in [0, 0.1) is 17.8 Å². The van der Waals surface area contributed by atoms with E-state index in [1.54, 1.807) is 12.1 Å². The molecule has 0 radical (unpaired) electrons. The number of hydrogen-bond acceptors (Lipinski definition) is 3. The zero-order chi connectivity index (χ0) is 26.9. The lowest BCUT2D eigenvalue weighted by Crippen LogP contribution is -2.24. The van der Waals surface area contributed by atoms with Crippen molar-refractivity contribution in [2.24, 2.45) is 17.8 Å². The summed E-state index contributed by atoms with van der Waals surface area (Å²) in [4.78, 5) is 3.87. The zero-order valence-electron chi connectivity index (χ0n) is 23.3. The predicted molar refractivity (Wildman–Crippen MR) is 164 cm³/mol. The summed E-state index contributed by atoms with van der Waals surface area (Å²) in [6, 6.07) is 20.2. The third kappa shape index (κ3) is 5.39. The lowest BCUT2D eigenvalue weighted by atomic mass is 9.69. The largest absolute Gasteiger partial charge is 0.508 e. The van der Waals surface area contributed by atoms with Crippen molar-refractivity contribution < 1.29 is 5.11 Å². The van der Waals surface area contributed by atoms with Crippen molar-refractivity contribution in [2.75, 3.05) is 11.5 Å². The van der Waals surface area contributed by atoms with Gasteiger partial charge < -0.3 is 21.6 Å². The maximum absolute atomic E-state index is 9.55. The van der Waals surface area contributed by atoms with Gasteiger partial charge in [-0.3, -0.25) is 0 Å². The van der Waals surface area contributed by atoms with Crippen LogP contribution in [0.4, 0.5) is 11.4 Å². The van der Waals surface area contributed by atoms with Crippen LogP contribution in [0.15, 0.2) is 60.7 Å². The Morgan fingerprint density at radius 2 is 1.46 bits per heavy atom. The highest BCUT2D eigenvalue weighted by atomic mass is 16.3. The Morgan fingerprint density at radius 3 is 2.15 bits per heavy atom. The van der Waals surface area contributed by atoms with E-state index in [0.29, 0.717) is 11.7 Å². The molecule has 2 saturated carbocycles. The molecule has 0 spiro atoms. The minimum Gasteiger partial charge on any atom is -0.508 e. The second kappa shape index (κ2) is 11.0. The SMILES string of the molecule is CC1CCC(C2CCC(c3[nH]c(-c4ccc(CCc5ccc(O)cc5)c(N)c4)c4c(N)cccc34)CC2)CC1. The van der Waals surface area contributed by atoms with Crippen LogP contribution in [-0.4, -0.2) is 10.1 Å². The fourth-order valence-corrected chi connectivity index (χ4v) is 7.43. The molecule has 6 N–H and O–H groups in total. The van der Waals surface area contributed by atoms with Crippen molar-refractivity contribution >= 4 is 22.1 Å². The Hall–Kier alpha value is -3.40. The highest BCUT2D eigenvalue weighted by molar-refractivity contribution is 6.05. The third-order valence-corrected chi connectivity index (χ3v) is 9.86. The normalized spacial score (nSPS) is 23.7.